The highest BCUT2D eigenvalue weighted by molar-refractivity contribution is 9.10. The van der Waals surface area contributed by atoms with Crippen molar-refractivity contribution in [2.45, 2.75) is 18.9 Å². The fourth-order valence-corrected chi connectivity index (χ4v) is 2.76. The van der Waals surface area contributed by atoms with Crippen molar-refractivity contribution in [1.82, 2.24) is 0 Å². The highest BCUT2D eigenvalue weighted by Gasteiger charge is 2.32. The Bertz CT molecular complexity index is 488. The smallest absolute Gasteiger partial charge is 0.170 e. The van der Waals surface area contributed by atoms with E-state index in [1.165, 1.54) is 0 Å². The molecular formula is C12H16BrN3O2. The number of hydrogen-bond donors (Lipinski definition) is 3. The Morgan fingerprint density at radius 2 is 2.28 bits per heavy atom. The van der Waals surface area contributed by atoms with Crippen LogP contribution in [0.3, 0.4) is 0 Å². The van der Waals surface area contributed by atoms with Crippen molar-refractivity contribution < 1.29 is 10.3 Å². The van der Waals surface area contributed by atoms with Crippen molar-refractivity contribution >= 4 is 27.5 Å². The number of amidine groups is 1. The number of anilines is 1. The van der Waals surface area contributed by atoms with E-state index in [0.29, 0.717) is 12.1 Å². The molecule has 1 atom stereocenters. The molecule has 0 spiro atoms. The molecular weight excluding hydrogens is 298 g/mol. The molecule has 18 heavy (non-hydrogen) atoms. The monoisotopic (exact) mass is 313 g/mol. The Labute approximate surface area is 114 Å². The van der Waals surface area contributed by atoms with Gasteiger partial charge >= 0.3 is 0 Å². The summed E-state index contributed by atoms with van der Waals surface area (Å²) in [5.74, 6) is 0.0793. The molecule has 4 N–H and O–H groups in total. The fraction of sp³-hybridized carbons (Fsp3) is 0.417. The molecule has 1 saturated heterocycles. The third-order valence-corrected chi connectivity index (χ3v) is 3.78. The number of nitrogens with two attached hydrogens (primary N) is 1. The number of hydrogen-bond acceptors (Lipinski definition) is 4. The van der Waals surface area contributed by atoms with E-state index in [-0.39, 0.29) is 5.84 Å². The zero-order valence-corrected chi connectivity index (χ0v) is 11.7. The molecule has 0 aromatic heterocycles. The highest BCUT2D eigenvalue weighted by Crippen LogP contribution is 2.32. The summed E-state index contributed by atoms with van der Waals surface area (Å²) in [7, 11) is 0. The van der Waals surface area contributed by atoms with E-state index in [1.807, 2.05) is 13.0 Å². The SMILES string of the molecule is CC1(O)CCN(c2ccc(/C(N)=N/O)cc2Br)C1. The Morgan fingerprint density at radius 1 is 1.56 bits per heavy atom. The second kappa shape index (κ2) is 4.78. The molecule has 6 heteroatoms. The quantitative estimate of drug-likeness (QED) is 0.334. The molecule has 1 aromatic carbocycles. The minimum Gasteiger partial charge on any atom is -0.409 e. The maximum atomic E-state index is 9.97. The first-order valence-electron chi connectivity index (χ1n) is 5.68. The van der Waals surface area contributed by atoms with Crippen molar-refractivity contribution in [3.05, 3.63) is 28.2 Å². The van der Waals surface area contributed by atoms with E-state index in [9.17, 15) is 5.11 Å². The van der Waals surface area contributed by atoms with Crippen LogP contribution in [0.2, 0.25) is 0 Å². The molecule has 1 aromatic rings. The van der Waals surface area contributed by atoms with Crippen LogP contribution in [0.25, 0.3) is 0 Å². The van der Waals surface area contributed by atoms with Gasteiger partial charge in [-0.15, -0.1) is 0 Å². The molecule has 0 amide bonds. The maximum Gasteiger partial charge on any atom is 0.170 e. The predicted molar refractivity (Wildman–Crippen MR) is 74.1 cm³/mol. The van der Waals surface area contributed by atoms with Gasteiger partial charge in [0.1, 0.15) is 0 Å². The van der Waals surface area contributed by atoms with Crippen molar-refractivity contribution in [3.63, 3.8) is 0 Å². The van der Waals surface area contributed by atoms with Crippen LogP contribution in [0.15, 0.2) is 27.8 Å². The predicted octanol–water partition coefficient (Wildman–Crippen LogP) is 1.50. The van der Waals surface area contributed by atoms with Crippen molar-refractivity contribution in [3.8, 4) is 0 Å². The Hall–Kier alpha value is -1.27. The summed E-state index contributed by atoms with van der Waals surface area (Å²) in [5, 5.41) is 21.6. The normalized spacial score (nSPS) is 24.6. The molecule has 5 nitrogen and oxygen atoms in total. The number of halogens is 1. The molecule has 0 radical (unpaired) electrons. The van der Waals surface area contributed by atoms with Crippen molar-refractivity contribution in [1.29, 1.82) is 0 Å². The second-order valence-electron chi connectivity index (χ2n) is 4.82. The number of nitrogens with zero attached hydrogens (tertiary/aromatic N) is 2. The van der Waals surface area contributed by atoms with Crippen LogP contribution >= 0.6 is 15.9 Å². The van der Waals surface area contributed by atoms with Crippen LogP contribution in [0, 0.1) is 0 Å². The van der Waals surface area contributed by atoms with E-state index in [1.54, 1.807) is 12.1 Å². The van der Waals surface area contributed by atoms with Crippen molar-refractivity contribution in [2.75, 3.05) is 18.0 Å². The first-order chi connectivity index (χ1) is 8.43. The van der Waals surface area contributed by atoms with Crippen LogP contribution in [-0.4, -0.2) is 34.8 Å². The zero-order valence-electron chi connectivity index (χ0n) is 10.1. The fourth-order valence-electron chi connectivity index (χ4n) is 2.13. The number of benzene rings is 1. The lowest BCUT2D eigenvalue weighted by molar-refractivity contribution is 0.0839. The Kier molecular flexibility index (Phi) is 3.49. The second-order valence-corrected chi connectivity index (χ2v) is 5.67. The molecule has 0 saturated carbocycles. The number of oxime groups is 1. The molecule has 0 bridgehead atoms. The summed E-state index contributed by atoms with van der Waals surface area (Å²) in [4.78, 5) is 2.11. The summed E-state index contributed by atoms with van der Waals surface area (Å²) in [5.41, 5.74) is 6.55. The van der Waals surface area contributed by atoms with Gasteiger partial charge in [0, 0.05) is 23.1 Å². The Morgan fingerprint density at radius 3 is 2.78 bits per heavy atom. The number of β-amino-alcohol motifs (C(OH)–C–C–N with tert-alkyl or cyclic N) is 1. The number of rotatable bonds is 2. The standard InChI is InChI=1S/C12H16BrN3O2/c1-12(17)4-5-16(7-12)10-3-2-8(6-9(10)13)11(14)15-18/h2-3,6,17-18H,4-5,7H2,1H3,(H2,14,15). The molecule has 2 rings (SSSR count). The van der Waals surface area contributed by atoms with Gasteiger partial charge in [-0.3, -0.25) is 0 Å². The summed E-state index contributed by atoms with van der Waals surface area (Å²) in [6, 6.07) is 5.50. The average molecular weight is 314 g/mol. The first kappa shape index (κ1) is 13.2. The van der Waals surface area contributed by atoms with Crippen LogP contribution < -0.4 is 10.6 Å². The summed E-state index contributed by atoms with van der Waals surface area (Å²) < 4.78 is 0.865. The minimum atomic E-state index is -0.635. The number of aliphatic hydroxyl groups is 1. The van der Waals surface area contributed by atoms with Crippen LogP contribution in [0.5, 0.6) is 0 Å². The van der Waals surface area contributed by atoms with Gasteiger partial charge in [-0.2, -0.15) is 0 Å². The topological polar surface area (TPSA) is 82.1 Å². The molecule has 98 valence electrons. The molecule has 0 aliphatic carbocycles. The lowest BCUT2D eigenvalue weighted by atomic mass is 10.1. The van der Waals surface area contributed by atoms with Crippen LogP contribution in [0.1, 0.15) is 18.9 Å². The van der Waals surface area contributed by atoms with Crippen LogP contribution in [0.4, 0.5) is 5.69 Å². The van der Waals surface area contributed by atoms with E-state index < -0.39 is 5.60 Å². The van der Waals surface area contributed by atoms with Crippen LogP contribution in [-0.2, 0) is 0 Å². The highest BCUT2D eigenvalue weighted by atomic mass is 79.9. The van der Waals surface area contributed by atoms with Gasteiger partial charge in [0.2, 0.25) is 0 Å². The lowest BCUT2D eigenvalue weighted by Gasteiger charge is -2.22. The lowest BCUT2D eigenvalue weighted by Crippen LogP contribution is -2.29. The average Bonchev–Trinajstić information content (AvgIpc) is 2.68. The zero-order chi connectivity index (χ0) is 13.3. The van der Waals surface area contributed by atoms with E-state index in [4.69, 9.17) is 10.9 Å². The van der Waals surface area contributed by atoms with Gasteiger partial charge in [0.05, 0.1) is 11.3 Å². The molecule has 1 aliphatic rings. The molecule has 1 unspecified atom stereocenters. The summed E-state index contributed by atoms with van der Waals surface area (Å²) in [6.07, 6.45) is 0.751. The molecule has 1 fully saturated rings. The summed E-state index contributed by atoms with van der Waals surface area (Å²) in [6.45, 7) is 3.26. The third-order valence-electron chi connectivity index (χ3n) is 3.14. The first-order valence-corrected chi connectivity index (χ1v) is 6.47. The minimum absolute atomic E-state index is 0.0793. The summed E-state index contributed by atoms with van der Waals surface area (Å²) >= 11 is 3.48. The van der Waals surface area contributed by atoms with E-state index >= 15 is 0 Å². The molecule has 1 aliphatic heterocycles. The third kappa shape index (κ3) is 2.59. The van der Waals surface area contributed by atoms with Gasteiger partial charge in [0.15, 0.2) is 5.84 Å². The van der Waals surface area contributed by atoms with Gasteiger partial charge in [-0.1, -0.05) is 5.16 Å². The van der Waals surface area contributed by atoms with Gasteiger partial charge in [0.25, 0.3) is 0 Å². The Balaban J connectivity index is 2.26. The van der Waals surface area contributed by atoms with E-state index in [0.717, 1.165) is 23.1 Å². The molecule has 1 heterocycles. The van der Waals surface area contributed by atoms with Crippen molar-refractivity contribution in [2.24, 2.45) is 10.9 Å². The van der Waals surface area contributed by atoms with Gasteiger partial charge in [-0.25, -0.2) is 0 Å². The van der Waals surface area contributed by atoms with Gasteiger partial charge < -0.3 is 20.9 Å². The largest absolute Gasteiger partial charge is 0.409 e. The van der Waals surface area contributed by atoms with E-state index in [2.05, 4.69) is 26.0 Å². The van der Waals surface area contributed by atoms with Gasteiger partial charge in [-0.05, 0) is 47.5 Å². The maximum absolute atomic E-state index is 9.97.